The summed E-state index contributed by atoms with van der Waals surface area (Å²) < 4.78 is 41.1. The van der Waals surface area contributed by atoms with Crippen LogP contribution in [0.3, 0.4) is 0 Å². The molecule has 7 heteroatoms. The molecule has 0 saturated heterocycles. The number of hydrogen-bond donors (Lipinski definition) is 1. The van der Waals surface area contributed by atoms with Gasteiger partial charge in [-0.15, -0.1) is 0 Å². The Hall–Kier alpha value is -2.25. The molecule has 156 valence electrons. The van der Waals surface area contributed by atoms with E-state index >= 15 is 0 Å². The molecule has 0 spiro atoms. The van der Waals surface area contributed by atoms with Gasteiger partial charge in [0, 0.05) is 6.04 Å². The molecule has 3 rings (SSSR count). The van der Waals surface area contributed by atoms with Gasteiger partial charge in [0.05, 0.1) is 17.5 Å². The molecule has 2 aromatic carbocycles. The van der Waals surface area contributed by atoms with Gasteiger partial charge in [-0.1, -0.05) is 49.6 Å². The maximum Gasteiger partial charge on any atom is 0.243 e. The number of carbonyl (C=O) groups is 1. The van der Waals surface area contributed by atoms with Crippen molar-refractivity contribution in [3.05, 3.63) is 66.0 Å². The summed E-state index contributed by atoms with van der Waals surface area (Å²) in [4.78, 5) is 12.7. The number of halogens is 1. The average molecular weight is 419 g/mol. The first-order valence-electron chi connectivity index (χ1n) is 9.99. The van der Waals surface area contributed by atoms with Gasteiger partial charge in [-0.25, -0.2) is 12.8 Å². The highest BCUT2D eigenvalue weighted by Gasteiger charge is 2.34. The van der Waals surface area contributed by atoms with E-state index in [1.54, 1.807) is 0 Å². The van der Waals surface area contributed by atoms with Gasteiger partial charge >= 0.3 is 0 Å². The molecule has 0 radical (unpaired) electrons. The van der Waals surface area contributed by atoms with Gasteiger partial charge in [0.1, 0.15) is 5.82 Å². The quantitative estimate of drug-likeness (QED) is 0.738. The molecule has 1 aliphatic rings. The summed E-state index contributed by atoms with van der Waals surface area (Å²) in [7, 11) is -3.91. The molecule has 5 nitrogen and oxygen atoms in total. The Balaban J connectivity index is 1.80. The van der Waals surface area contributed by atoms with Crippen molar-refractivity contribution in [2.24, 2.45) is 0 Å². The van der Waals surface area contributed by atoms with E-state index in [9.17, 15) is 17.6 Å². The third kappa shape index (κ3) is 5.42. The Labute approximate surface area is 172 Å². The fraction of sp³-hybridized carbons (Fsp3) is 0.409. The molecular formula is C22H27FN2O3S. The molecular weight excluding hydrogens is 391 g/mol. The van der Waals surface area contributed by atoms with Gasteiger partial charge < -0.3 is 5.32 Å². The van der Waals surface area contributed by atoms with Gasteiger partial charge in [0.25, 0.3) is 0 Å². The maximum absolute atomic E-state index is 13.3. The molecule has 0 bridgehead atoms. The molecule has 0 aliphatic heterocycles. The first-order chi connectivity index (χ1) is 13.9. The van der Waals surface area contributed by atoms with E-state index in [1.807, 2.05) is 37.3 Å². The fourth-order valence-corrected chi connectivity index (χ4v) is 5.42. The minimum absolute atomic E-state index is 0.00776. The van der Waals surface area contributed by atoms with Crippen molar-refractivity contribution in [2.45, 2.75) is 56.0 Å². The zero-order valence-corrected chi connectivity index (χ0v) is 17.4. The van der Waals surface area contributed by atoms with E-state index in [-0.39, 0.29) is 29.4 Å². The Bertz CT molecular complexity index is 911. The number of carbonyl (C=O) groups excluding carboxylic acids is 1. The Morgan fingerprint density at radius 1 is 1.07 bits per heavy atom. The summed E-state index contributed by atoms with van der Waals surface area (Å²) in [6.07, 6.45) is 4.38. The zero-order valence-electron chi connectivity index (χ0n) is 16.6. The Morgan fingerprint density at radius 3 is 2.31 bits per heavy atom. The standard InChI is InChI=1S/C22H27FN2O3S/c1-17(18-8-4-2-5-9-18)24-22(26)16-25(20-10-6-3-7-11-20)29(27,28)21-14-12-19(23)13-15-21/h2,4-5,8-9,12-15,17,20H,3,6-7,10-11,16H2,1H3,(H,24,26)/t17-/m0/s1. The van der Waals surface area contributed by atoms with Crippen molar-refractivity contribution in [3.63, 3.8) is 0 Å². The van der Waals surface area contributed by atoms with Crippen LogP contribution in [0.2, 0.25) is 0 Å². The minimum atomic E-state index is -3.91. The van der Waals surface area contributed by atoms with Crippen LogP contribution in [-0.4, -0.2) is 31.2 Å². The normalized spacial score (nSPS) is 16.5. The second-order valence-corrected chi connectivity index (χ2v) is 9.39. The van der Waals surface area contributed by atoms with Gasteiger partial charge in [-0.2, -0.15) is 4.31 Å². The van der Waals surface area contributed by atoms with Crippen LogP contribution in [0.15, 0.2) is 59.5 Å². The van der Waals surface area contributed by atoms with Crippen molar-refractivity contribution < 1.29 is 17.6 Å². The van der Waals surface area contributed by atoms with Crippen LogP contribution in [0.4, 0.5) is 4.39 Å². The van der Waals surface area contributed by atoms with Crippen molar-refractivity contribution >= 4 is 15.9 Å². The first kappa shape index (κ1) is 21.5. The highest BCUT2D eigenvalue weighted by atomic mass is 32.2. The van der Waals surface area contributed by atoms with Gasteiger partial charge in [0.2, 0.25) is 15.9 Å². The second kappa shape index (κ2) is 9.50. The fourth-order valence-electron chi connectivity index (χ4n) is 3.78. The van der Waals surface area contributed by atoms with Crippen LogP contribution in [0.1, 0.15) is 50.6 Å². The monoisotopic (exact) mass is 418 g/mol. The molecule has 1 fully saturated rings. The van der Waals surface area contributed by atoms with E-state index in [4.69, 9.17) is 0 Å². The highest BCUT2D eigenvalue weighted by Crippen LogP contribution is 2.28. The molecule has 1 N–H and O–H groups in total. The van der Waals surface area contributed by atoms with E-state index < -0.39 is 15.8 Å². The van der Waals surface area contributed by atoms with E-state index in [2.05, 4.69) is 5.32 Å². The van der Waals surface area contributed by atoms with Crippen LogP contribution >= 0.6 is 0 Å². The lowest BCUT2D eigenvalue weighted by Gasteiger charge is -2.33. The van der Waals surface area contributed by atoms with Crippen LogP contribution < -0.4 is 5.32 Å². The highest BCUT2D eigenvalue weighted by molar-refractivity contribution is 7.89. The van der Waals surface area contributed by atoms with E-state index in [0.717, 1.165) is 49.8 Å². The van der Waals surface area contributed by atoms with E-state index in [1.165, 1.54) is 16.4 Å². The topological polar surface area (TPSA) is 66.5 Å². The number of sulfonamides is 1. The molecule has 0 aromatic heterocycles. The largest absolute Gasteiger partial charge is 0.348 e. The number of nitrogens with zero attached hydrogens (tertiary/aromatic N) is 1. The molecule has 1 aliphatic carbocycles. The van der Waals surface area contributed by atoms with Crippen LogP contribution in [0.25, 0.3) is 0 Å². The third-order valence-electron chi connectivity index (χ3n) is 5.38. The van der Waals surface area contributed by atoms with Crippen molar-refractivity contribution in [2.75, 3.05) is 6.54 Å². The summed E-state index contributed by atoms with van der Waals surface area (Å²) in [6.45, 7) is 1.62. The molecule has 0 unspecified atom stereocenters. The molecule has 1 atom stereocenters. The van der Waals surface area contributed by atoms with Crippen molar-refractivity contribution in [1.82, 2.24) is 9.62 Å². The van der Waals surface area contributed by atoms with E-state index in [0.29, 0.717) is 0 Å². The SMILES string of the molecule is C[C@H](NC(=O)CN(C1CCCCC1)S(=O)(=O)c1ccc(F)cc1)c1ccccc1. The second-order valence-electron chi connectivity index (χ2n) is 7.50. The molecule has 29 heavy (non-hydrogen) atoms. The number of benzene rings is 2. The zero-order chi connectivity index (χ0) is 20.9. The summed E-state index contributed by atoms with van der Waals surface area (Å²) in [5.41, 5.74) is 0.950. The number of amides is 1. The minimum Gasteiger partial charge on any atom is -0.348 e. The van der Waals surface area contributed by atoms with Crippen LogP contribution in [0.5, 0.6) is 0 Å². The van der Waals surface area contributed by atoms with Crippen molar-refractivity contribution in [1.29, 1.82) is 0 Å². The first-order valence-corrected chi connectivity index (χ1v) is 11.4. The number of nitrogens with one attached hydrogen (secondary N) is 1. The lowest BCUT2D eigenvalue weighted by atomic mass is 9.95. The number of hydrogen-bond acceptors (Lipinski definition) is 3. The molecule has 1 amide bonds. The third-order valence-corrected chi connectivity index (χ3v) is 7.29. The average Bonchev–Trinajstić information content (AvgIpc) is 2.73. The van der Waals surface area contributed by atoms with Crippen LogP contribution in [0, 0.1) is 5.82 Å². The lowest BCUT2D eigenvalue weighted by molar-refractivity contribution is -0.122. The van der Waals surface area contributed by atoms with Crippen LogP contribution in [-0.2, 0) is 14.8 Å². The van der Waals surface area contributed by atoms with Gasteiger partial charge in [-0.3, -0.25) is 4.79 Å². The molecule has 2 aromatic rings. The summed E-state index contributed by atoms with van der Waals surface area (Å²) in [5.74, 6) is -0.847. The molecule has 1 saturated carbocycles. The maximum atomic E-state index is 13.3. The molecule has 0 heterocycles. The summed E-state index contributed by atoms with van der Waals surface area (Å²) >= 11 is 0. The Morgan fingerprint density at radius 2 is 1.69 bits per heavy atom. The predicted molar refractivity (Wildman–Crippen MR) is 110 cm³/mol. The van der Waals surface area contributed by atoms with Crippen molar-refractivity contribution in [3.8, 4) is 0 Å². The number of rotatable bonds is 7. The smallest absolute Gasteiger partial charge is 0.243 e. The summed E-state index contributed by atoms with van der Waals surface area (Å²) in [5, 5.41) is 2.89. The van der Waals surface area contributed by atoms with Gasteiger partial charge in [-0.05, 0) is 49.6 Å². The lowest BCUT2D eigenvalue weighted by Crippen LogP contribution is -2.47. The Kier molecular flexibility index (Phi) is 7.03. The summed E-state index contributed by atoms with van der Waals surface area (Å²) in [6, 6.07) is 13.8. The predicted octanol–water partition coefficient (Wildman–Crippen LogP) is 4.03. The van der Waals surface area contributed by atoms with Gasteiger partial charge in [0.15, 0.2) is 0 Å².